The lowest BCUT2D eigenvalue weighted by Gasteiger charge is -2.28. The van der Waals surface area contributed by atoms with Gasteiger partial charge in [0.25, 0.3) is 0 Å². The summed E-state index contributed by atoms with van der Waals surface area (Å²) in [7, 11) is 0. The number of carbonyl (C=O) groups excluding carboxylic acids is 1. The maximum Gasteiger partial charge on any atom is 0.326 e. The first-order valence-corrected chi connectivity index (χ1v) is 5.41. The molecule has 0 aromatic carbocycles. The molecule has 0 radical (unpaired) electrons. The summed E-state index contributed by atoms with van der Waals surface area (Å²) in [6.07, 6.45) is 5.51. The number of carboxylic acid groups (broad SMARTS) is 1. The molecule has 0 aliphatic heterocycles. The van der Waals surface area contributed by atoms with Crippen LogP contribution in [0.25, 0.3) is 0 Å². The molecule has 0 rings (SSSR count). The van der Waals surface area contributed by atoms with Gasteiger partial charge in [-0.1, -0.05) is 20.8 Å². The monoisotopic (exact) mass is 240 g/mol. The molecule has 0 spiro atoms. The molecule has 0 aromatic heterocycles. The van der Waals surface area contributed by atoms with Crippen LogP contribution in [0.3, 0.4) is 0 Å². The third kappa shape index (κ3) is 5.81. The Labute approximate surface area is 102 Å². The Morgan fingerprint density at radius 2 is 1.88 bits per heavy atom. The van der Waals surface area contributed by atoms with Crippen LogP contribution < -0.4 is 10.6 Å². The van der Waals surface area contributed by atoms with E-state index in [1.54, 1.807) is 27.7 Å². The van der Waals surface area contributed by atoms with E-state index in [-0.39, 0.29) is 6.04 Å². The second-order valence-corrected chi connectivity index (χ2v) is 5.06. The lowest BCUT2D eigenvalue weighted by molar-refractivity contribution is -0.141. The Balaban J connectivity index is 4.44. The minimum absolute atomic E-state index is 0.186. The van der Waals surface area contributed by atoms with Crippen LogP contribution in [0.4, 0.5) is 4.79 Å². The number of terminal acetylenes is 1. The molecule has 96 valence electrons. The standard InChI is InChI=1S/C12H20N2O3/c1-6-7-8(2)13-11(17)14-9(10(15)16)12(3,4)5/h1,8-9H,7H2,2-5H3,(H,15,16)(H2,13,14,17)/t8?,9-/m1/s1. The molecule has 5 nitrogen and oxygen atoms in total. The van der Waals surface area contributed by atoms with E-state index in [0.29, 0.717) is 6.42 Å². The lowest BCUT2D eigenvalue weighted by Crippen LogP contribution is -2.53. The van der Waals surface area contributed by atoms with Crippen LogP contribution in [0.1, 0.15) is 34.1 Å². The second-order valence-electron chi connectivity index (χ2n) is 5.06. The topological polar surface area (TPSA) is 78.4 Å². The van der Waals surface area contributed by atoms with E-state index in [2.05, 4.69) is 16.6 Å². The first-order chi connectivity index (χ1) is 7.68. The van der Waals surface area contributed by atoms with Gasteiger partial charge in [0.15, 0.2) is 0 Å². The van der Waals surface area contributed by atoms with Crippen LogP contribution in [0.5, 0.6) is 0 Å². The molecule has 0 bridgehead atoms. The third-order valence-electron chi connectivity index (χ3n) is 2.19. The van der Waals surface area contributed by atoms with E-state index in [1.165, 1.54) is 0 Å². The Morgan fingerprint density at radius 3 is 2.24 bits per heavy atom. The molecule has 0 saturated carbocycles. The maximum absolute atomic E-state index is 11.5. The predicted molar refractivity (Wildman–Crippen MR) is 65.5 cm³/mol. The van der Waals surface area contributed by atoms with Gasteiger partial charge in [-0.2, -0.15) is 0 Å². The molecule has 0 aliphatic rings. The van der Waals surface area contributed by atoms with Crippen LogP contribution in [0.15, 0.2) is 0 Å². The van der Waals surface area contributed by atoms with Crippen molar-refractivity contribution in [3.8, 4) is 12.3 Å². The summed E-state index contributed by atoms with van der Waals surface area (Å²) in [6.45, 7) is 7.00. The highest BCUT2D eigenvalue weighted by Gasteiger charge is 2.32. The number of rotatable bonds is 4. The van der Waals surface area contributed by atoms with Crippen molar-refractivity contribution < 1.29 is 14.7 Å². The molecule has 17 heavy (non-hydrogen) atoms. The molecule has 2 atom stereocenters. The van der Waals surface area contributed by atoms with Crippen LogP contribution in [0, 0.1) is 17.8 Å². The third-order valence-corrected chi connectivity index (χ3v) is 2.19. The van der Waals surface area contributed by atoms with Crippen LogP contribution in [0.2, 0.25) is 0 Å². The first-order valence-electron chi connectivity index (χ1n) is 5.41. The molecule has 0 saturated heterocycles. The Bertz CT molecular complexity index is 326. The predicted octanol–water partition coefficient (Wildman–Crippen LogP) is 1.20. The first kappa shape index (κ1) is 15.3. The fraction of sp³-hybridized carbons (Fsp3) is 0.667. The number of nitrogens with one attached hydrogen (secondary N) is 2. The van der Waals surface area contributed by atoms with Crippen molar-refractivity contribution in [2.24, 2.45) is 5.41 Å². The molecule has 0 fully saturated rings. The highest BCUT2D eigenvalue weighted by Crippen LogP contribution is 2.19. The fourth-order valence-corrected chi connectivity index (χ4v) is 1.27. The normalized spacial score (nSPS) is 14.3. The van der Waals surface area contributed by atoms with Crippen molar-refractivity contribution in [1.82, 2.24) is 10.6 Å². The summed E-state index contributed by atoms with van der Waals surface area (Å²) in [5, 5.41) is 14.0. The van der Waals surface area contributed by atoms with Gasteiger partial charge in [0.05, 0.1) is 0 Å². The van der Waals surface area contributed by atoms with Crippen LogP contribution in [-0.2, 0) is 4.79 Å². The summed E-state index contributed by atoms with van der Waals surface area (Å²) in [6, 6.07) is -1.65. The van der Waals surface area contributed by atoms with E-state index in [4.69, 9.17) is 11.5 Å². The molecular weight excluding hydrogens is 220 g/mol. The number of aliphatic carboxylic acids is 1. The van der Waals surface area contributed by atoms with Crippen molar-refractivity contribution in [2.45, 2.75) is 46.2 Å². The van der Waals surface area contributed by atoms with E-state index in [9.17, 15) is 9.59 Å². The number of urea groups is 1. The highest BCUT2D eigenvalue weighted by molar-refractivity contribution is 5.83. The van der Waals surface area contributed by atoms with E-state index in [1.807, 2.05) is 0 Å². The molecule has 0 heterocycles. The number of amides is 2. The van der Waals surface area contributed by atoms with Crippen molar-refractivity contribution in [3.05, 3.63) is 0 Å². The zero-order valence-electron chi connectivity index (χ0n) is 10.7. The van der Waals surface area contributed by atoms with Gasteiger partial charge in [-0.3, -0.25) is 0 Å². The van der Waals surface area contributed by atoms with E-state index >= 15 is 0 Å². The lowest BCUT2D eigenvalue weighted by atomic mass is 9.87. The second kappa shape index (κ2) is 6.14. The van der Waals surface area contributed by atoms with Gasteiger partial charge in [-0.25, -0.2) is 9.59 Å². The molecule has 5 heteroatoms. The molecule has 1 unspecified atom stereocenters. The summed E-state index contributed by atoms with van der Waals surface area (Å²) in [5.74, 6) is 1.36. The smallest absolute Gasteiger partial charge is 0.326 e. The van der Waals surface area contributed by atoms with Gasteiger partial charge in [-0.05, 0) is 12.3 Å². The molecule has 2 amide bonds. The molecular formula is C12H20N2O3. The van der Waals surface area contributed by atoms with Crippen LogP contribution in [-0.4, -0.2) is 29.2 Å². The van der Waals surface area contributed by atoms with Crippen molar-refractivity contribution in [1.29, 1.82) is 0 Å². The van der Waals surface area contributed by atoms with Crippen molar-refractivity contribution in [3.63, 3.8) is 0 Å². The summed E-state index contributed by atoms with van der Waals surface area (Å²) in [4.78, 5) is 22.6. The van der Waals surface area contributed by atoms with Gasteiger partial charge < -0.3 is 15.7 Å². The fourth-order valence-electron chi connectivity index (χ4n) is 1.27. The largest absolute Gasteiger partial charge is 0.480 e. The summed E-state index contributed by atoms with van der Waals surface area (Å²) >= 11 is 0. The number of hydrogen-bond donors (Lipinski definition) is 3. The Hall–Kier alpha value is -1.70. The SMILES string of the molecule is C#CCC(C)NC(=O)N[C@H](C(=O)O)C(C)(C)C. The average Bonchev–Trinajstić information content (AvgIpc) is 2.12. The number of hydrogen-bond acceptors (Lipinski definition) is 2. The minimum atomic E-state index is -1.06. The molecule has 0 aliphatic carbocycles. The van der Waals surface area contributed by atoms with Gasteiger partial charge in [-0.15, -0.1) is 12.3 Å². The summed E-state index contributed by atoms with van der Waals surface area (Å²) in [5.41, 5.74) is -0.557. The molecule has 3 N–H and O–H groups in total. The molecule has 0 aromatic rings. The van der Waals surface area contributed by atoms with Gasteiger partial charge in [0, 0.05) is 12.5 Å². The Kier molecular flexibility index (Phi) is 5.52. The zero-order chi connectivity index (χ0) is 13.6. The maximum atomic E-state index is 11.5. The van der Waals surface area contributed by atoms with Crippen molar-refractivity contribution >= 4 is 12.0 Å². The van der Waals surface area contributed by atoms with E-state index < -0.39 is 23.5 Å². The zero-order valence-corrected chi connectivity index (χ0v) is 10.7. The number of carboxylic acids is 1. The van der Waals surface area contributed by atoms with Gasteiger partial charge >= 0.3 is 12.0 Å². The van der Waals surface area contributed by atoms with Crippen LogP contribution >= 0.6 is 0 Å². The van der Waals surface area contributed by atoms with Gasteiger partial charge in [0.1, 0.15) is 6.04 Å². The minimum Gasteiger partial charge on any atom is -0.480 e. The van der Waals surface area contributed by atoms with E-state index in [0.717, 1.165) is 0 Å². The number of carbonyl (C=O) groups is 2. The summed E-state index contributed by atoms with van der Waals surface area (Å²) < 4.78 is 0. The quantitative estimate of drug-likeness (QED) is 0.646. The van der Waals surface area contributed by atoms with Crippen molar-refractivity contribution in [2.75, 3.05) is 0 Å². The van der Waals surface area contributed by atoms with Gasteiger partial charge in [0.2, 0.25) is 0 Å². The highest BCUT2D eigenvalue weighted by atomic mass is 16.4. The average molecular weight is 240 g/mol. The Morgan fingerprint density at radius 1 is 1.35 bits per heavy atom.